The number of ether oxygens (including phenoxy) is 3. The van der Waals surface area contributed by atoms with Gasteiger partial charge in [0.25, 0.3) is 0 Å². The first-order valence-corrected chi connectivity index (χ1v) is 11.0. The van der Waals surface area contributed by atoms with E-state index in [1.165, 1.54) is 24.3 Å². The Morgan fingerprint density at radius 2 is 1.66 bits per heavy atom. The number of aliphatic hydroxyl groups is 3. The number of aromatic hydroxyl groups is 3. The Hall–Kier alpha value is -4.37. The number of carboxylic acid groups (broad SMARTS) is 1. The number of aliphatic hydroxyl groups excluding tert-OH is 3. The van der Waals surface area contributed by atoms with Gasteiger partial charge in [-0.1, -0.05) is 0 Å². The molecule has 0 saturated carbocycles. The zero-order chi connectivity index (χ0) is 27.7. The number of phenols is 3. The molecule has 3 aromatic rings. The number of hydrogen-bond acceptors (Lipinski definition) is 13. The summed E-state index contributed by atoms with van der Waals surface area (Å²) >= 11 is 0. The maximum Gasteiger partial charge on any atom is 0.317 e. The zero-order valence-corrected chi connectivity index (χ0v) is 19.3. The topological polar surface area (TPSA) is 234 Å². The average Bonchev–Trinajstić information content (AvgIpc) is 2.84. The molecule has 202 valence electrons. The van der Waals surface area contributed by atoms with E-state index in [0.29, 0.717) is 0 Å². The molecule has 1 aromatic heterocycles. The average molecular weight is 534 g/mol. The van der Waals surface area contributed by atoms with Crippen molar-refractivity contribution >= 4 is 22.9 Å². The molecule has 7 N–H and O–H groups in total. The molecule has 0 amide bonds. The fourth-order valence-electron chi connectivity index (χ4n) is 3.90. The van der Waals surface area contributed by atoms with Crippen molar-refractivity contribution in [3.05, 3.63) is 46.6 Å². The number of esters is 1. The van der Waals surface area contributed by atoms with E-state index in [9.17, 15) is 45.0 Å². The number of benzene rings is 2. The highest BCUT2D eigenvalue weighted by molar-refractivity contribution is 5.90. The van der Waals surface area contributed by atoms with Crippen LogP contribution in [0.25, 0.3) is 22.3 Å². The molecule has 0 unspecified atom stereocenters. The van der Waals surface area contributed by atoms with Crippen molar-refractivity contribution < 1.29 is 64.0 Å². The van der Waals surface area contributed by atoms with E-state index in [1.54, 1.807) is 0 Å². The highest BCUT2D eigenvalue weighted by Gasteiger charge is 2.48. The lowest BCUT2D eigenvalue weighted by Gasteiger charge is -2.41. The molecule has 0 aliphatic carbocycles. The third kappa shape index (κ3) is 5.19. The van der Waals surface area contributed by atoms with E-state index < -0.39 is 83.7 Å². The molecule has 1 saturated heterocycles. The van der Waals surface area contributed by atoms with Gasteiger partial charge in [0.2, 0.25) is 17.5 Å². The van der Waals surface area contributed by atoms with Gasteiger partial charge in [-0.15, -0.1) is 0 Å². The largest absolute Gasteiger partial charge is 0.508 e. The van der Waals surface area contributed by atoms with Crippen LogP contribution in [0, 0.1) is 0 Å². The van der Waals surface area contributed by atoms with Gasteiger partial charge < -0.3 is 54.4 Å². The van der Waals surface area contributed by atoms with Crippen LogP contribution in [0.5, 0.6) is 23.0 Å². The number of phenolic OH excluding ortho intramolecular Hbond substituents is 3. The van der Waals surface area contributed by atoms with Crippen molar-refractivity contribution in [1.82, 2.24) is 0 Å². The van der Waals surface area contributed by atoms with Gasteiger partial charge in [-0.3, -0.25) is 14.4 Å². The molecule has 2 heterocycles. The Balaban J connectivity index is 1.80. The molecule has 38 heavy (non-hydrogen) atoms. The van der Waals surface area contributed by atoms with Gasteiger partial charge in [-0.05, 0) is 24.3 Å². The number of hydrogen-bond donors (Lipinski definition) is 7. The molecule has 14 nitrogen and oxygen atoms in total. The van der Waals surface area contributed by atoms with Gasteiger partial charge >= 0.3 is 11.9 Å². The maximum absolute atomic E-state index is 13.4. The van der Waals surface area contributed by atoms with Gasteiger partial charge in [-0.25, -0.2) is 0 Å². The molecule has 0 spiro atoms. The van der Waals surface area contributed by atoms with Crippen LogP contribution < -0.4 is 10.2 Å². The van der Waals surface area contributed by atoms with Gasteiger partial charge in [0.15, 0.2) is 18.0 Å². The van der Waals surface area contributed by atoms with Gasteiger partial charge in [0, 0.05) is 17.7 Å². The first kappa shape index (κ1) is 26.7. The Kier molecular flexibility index (Phi) is 7.41. The Bertz CT molecular complexity index is 1410. The number of rotatable bonds is 7. The number of carbonyl (C=O) groups is 2. The van der Waals surface area contributed by atoms with Crippen molar-refractivity contribution in [2.45, 2.75) is 37.1 Å². The van der Waals surface area contributed by atoms with Crippen LogP contribution in [0.4, 0.5) is 0 Å². The lowest BCUT2D eigenvalue weighted by atomic mass is 9.99. The van der Waals surface area contributed by atoms with Crippen LogP contribution in [0.2, 0.25) is 0 Å². The highest BCUT2D eigenvalue weighted by atomic mass is 16.7. The van der Waals surface area contributed by atoms with E-state index >= 15 is 0 Å². The smallest absolute Gasteiger partial charge is 0.317 e. The molecule has 0 radical (unpaired) electrons. The molecule has 14 heteroatoms. The van der Waals surface area contributed by atoms with Crippen molar-refractivity contribution in [2.24, 2.45) is 0 Å². The van der Waals surface area contributed by atoms with Crippen LogP contribution >= 0.6 is 0 Å². The minimum absolute atomic E-state index is 0.119. The quantitative estimate of drug-likeness (QED) is 0.153. The summed E-state index contributed by atoms with van der Waals surface area (Å²) in [5.41, 5.74) is -1.04. The molecule has 2 aromatic carbocycles. The summed E-state index contributed by atoms with van der Waals surface area (Å²) in [5, 5.41) is 68.9. The summed E-state index contributed by atoms with van der Waals surface area (Å²) < 4.78 is 21.7. The second-order valence-corrected chi connectivity index (χ2v) is 8.32. The number of carboxylic acids is 1. The number of carbonyl (C=O) groups excluding carboxylic acids is 1. The minimum atomic E-state index is -2.00. The predicted octanol–water partition coefficient (Wildman–Crippen LogP) is -0.219. The van der Waals surface area contributed by atoms with Crippen LogP contribution in [-0.2, 0) is 19.1 Å². The summed E-state index contributed by atoms with van der Waals surface area (Å²) in [6.07, 6.45) is -10.1. The Morgan fingerprint density at radius 1 is 0.974 bits per heavy atom. The summed E-state index contributed by atoms with van der Waals surface area (Å²) in [5.74, 6) is -4.95. The third-order valence-electron chi connectivity index (χ3n) is 5.67. The Labute approximate surface area is 212 Å². The summed E-state index contributed by atoms with van der Waals surface area (Å²) in [7, 11) is 0. The molecule has 1 aliphatic rings. The van der Waals surface area contributed by atoms with Crippen LogP contribution in [0.15, 0.2) is 45.6 Å². The lowest BCUT2D eigenvalue weighted by Crippen LogP contribution is -2.61. The summed E-state index contributed by atoms with van der Waals surface area (Å²) in [6.45, 7) is -0.849. The first-order chi connectivity index (χ1) is 18.0. The normalized spacial score (nSPS) is 23.2. The monoisotopic (exact) mass is 534 g/mol. The molecule has 1 fully saturated rings. The summed E-state index contributed by atoms with van der Waals surface area (Å²) in [6, 6.07) is 7.18. The summed E-state index contributed by atoms with van der Waals surface area (Å²) in [4.78, 5) is 36.2. The minimum Gasteiger partial charge on any atom is -0.508 e. The fourth-order valence-corrected chi connectivity index (χ4v) is 3.90. The highest BCUT2D eigenvalue weighted by Crippen LogP contribution is 2.37. The standard InChI is InChI=1S/C24H22O14/c25-8-14-18(32)22(37-16(31)7-15(29)30)20(34)24(36-14)38-23-19(33)17-12(28)5-11(27)6-13(17)35-21(23)9-1-3-10(26)4-2-9/h1-6,14,18,20,22,24-28,32,34H,7-8H2,(H,29,30)/t14-,18-,20-,22+,24+/m0/s1. The molecule has 0 bridgehead atoms. The van der Waals surface area contributed by atoms with E-state index in [0.717, 1.165) is 12.1 Å². The zero-order valence-electron chi connectivity index (χ0n) is 19.3. The molecule has 1 aliphatic heterocycles. The van der Waals surface area contributed by atoms with Gasteiger partial charge in [-0.2, -0.15) is 0 Å². The van der Waals surface area contributed by atoms with Crippen LogP contribution in [0.3, 0.4) is 0 Å². The van der Waals surface area contributed by atoms with E-state index in [2.05, 4.69) is 0 Å². The second kappa shape index (κ2) is 10.5. The number of fused-ring (bicyclic) bond motifs is 1. The van der Waals surface area contributed by atoms with E-state index in [4.69, 9.17) is 23.7 Å². The van der Waals surface area contributed by atoms with Crippen molar-refractivity contribution in [3.8, 4) is 34.3 Å². The van der Waals surface area contributed by atoms with Crippen molar-refractivity contribution in [3.63, 3.8) is 0 Å². The van der Waals surface area contributed by atoms with E-state index in [1.807, 2.05) is 0 Å². The molecular weight excluding hydrogens is 512 g/mol. The maximum atomic E-state index is 13.4. The van der Waals surface area contributed by atoms with Crippen LogP contribution in [0.1, 0.15) is 6.42 Å². The molecule has 5 atom stereocenters. The fraction of sp³-hybridized carbons (Fsp3) is 0.292. The molecule has 4 rings (SSSR count). The predicted molar refractivity (Wildman–Crippen MR) is 123 cm³/mol. The lowest BCUT2D eigenvalue weighted by molar-refractivity contribution is -0.281. The first-order valence-electron chi connectivity index (χ1n) is 11.0. The van der Waals surface area contributed by atoms with Crippen LogP contribution in [-0.4, -0.2) is 85.0 Å². The third-order valence-corrected chi connectivity index (χ3v) is 5.67. The number of aliphatic carboxylic acids is 1. The van der Waals surface area contributed by atoms with Crippen molar-refractivity contribution in [2.75, 3.05) is 6.61 Å². The second-order valence-electron chi connectivity index (χ2n) is 8.32. The Morgan fingerprint density at radius 3 is 2.29 bits per heavy atom. The van der Waals surface area contributed by atoms with Gasteiger partial charge in [0.1, 0.15) is 46.8 Å². The molecular formula is C24H22O14. The SMILES string of the molecule is O=C(O)CC(=O)O[C@H]1[C@H](O)[C@@H](Oc2c(-c3ccc(O)cc3)oc3cc(O)cc(O)c3c2=O)O[C@@H](CO)[C@@H]1O. The van der Waals surface area contributed by atoms with E-state index in [-0.39, 0.29) is 22.7 Å². The van der Waals surface area contributed by atoms with Gasteiger partial charge in [0.05, 0.1) is 6.61 Å². The van der Waals surface area contributed by atoms with Crippen molar-refractivity contribution in [1.29, 1.82) is 0 Å².